The summed E-state index contributed by atoms with van der Waals surface area (Å²) in [5.74, 6) is -0.131. The van der Waals surface area contributed by atoms with E-state index < -0.39 is 0 Å². The second-order valence-electron chi connectivity index (χ2n) is 4.78. The highest BCUT2D eigenvalue weighted by molar-refractivity contribution is 7.15. The Morgan fingerprint density at radius 2 is 2.29 bits per heavy atom. The van der Waals surface area contributed by atoms with Crippen LogP contribution in [-0.4, -0.2) is 25.5 Å². The number of hydrogen-bond acceptors (Lipinski definition) is 5. The van der Waals surface area contributed by atoms with Crippen LogP contribution >= 0.6 is 11.3 Å². The molecule has 0 fully saturated rings. The monoisotopic (exact) mass is 301 g/mol. The third kappa shape index (κ3) is 3.08. The van der Waals surface area contributed by atoms with Gasteiger partial charge in [0.05, 0.1) is 12.1 Å². The van der Waals surface area contributed by atoms with Gasteiger partial charge in [-0.05, 0) is 31.0 Å². The zero-order chi connectivity index (χ0) is 14.8. The smallest absolute Gasteiger partial charge is 0.232 e. The molecule has 0 atom stereocenters. The van der Waals surface area contributed by atoms with Gasteiger partial charge < -0.3 is 9.72 Å². The molecule has 1 N–H and O–H groups in total. The van der Waals surface area contributed by atoms with Gasteiger partial charge in [0.2, 0.25) is 11.0 Å². The topological polar surface area (TPSA) is 72.2 Å². The zero-order valence-electron chi connectivity index (χ0n) is 11.8. The molecule has 1 amide bonds. The van der Waals surface area contributed by atoms with Crippen molar-refractivity contribution in [2.45, 2.75) is 26.7 Å². The van der Waals surface area contributed by atoms with Crippen molar-refractivity contribution in [3.05, 3.63) is 40.8 Å². The maximum atomic E-state index is 12.0. The van der Waals surface area contributed by atoms with E-state index in [1.165, 1.54) is 11.3 Å². The van der Waals surface area contributed by atoms with Crippen LogP contribution in [0.5, 0.6) is 0 Å². The minimum atomic E-state index is -0.131. The number of nitrogens with one attached hydrogen (secondary N) is 1. The van der Waals surface area contributed by atoms with Gasteiger partial charge in [0.15, 0.2) is 0 Å². The summed E-state index contributed by atoms with van der Waals surface area (Å²) in [6.07, 6.45) is 4.85. The maximum Gasteiger partial charge on any atom is 0.232 e. The maximum absolute atomic E-state index is 12.0. The molecule has 3 rings (SSSR count). The summed E-state index contributed by atoms with van der Waals surface area (Å²) in [6.45, 7) is 4.02. The fraction of sp³-hybridized carbons (Fsp3) is 0.286. The van der Waals surface area contributed by atoms with E-state index in [9.17, 15) is 4.79 Å². The molecule has 0 aliphatic rings. The number of rotatable bonds is 4. The molecule has 0 aromatic carbocycles. The fourth-order valence-corrected chi connectivity index (χ4v) is 2.69. The van der Waals surface area contributed by atoms with Crippen LogP contribution in [0.4, 0.5) is 5.13 Å². The molecule has 3 aromatic heterocycles. The summed E-state index contributed by atoms with van der Waals surface area (Å²) in [4.78, 5) is 16.4. The van der Waals surface area contributed by atoms with E-state index in [-0.39, 0.29) is 12.3 Å². The van der Waals surface area contributed by atoms with Gasteiger partial charge in [0.25, 0.3) is 0 Å². The second-order valence-corrected chi connectivity index (χ2v) is 5.84. The summed E-state index contributed by atoms with van der Waals surface area (Å²) in [5.41, 5.74) is 2.73. The number of carbonyl (C=O) groups excluding carboxylic acids is 1. The van der Waals surface area contributed by atoms with Crippen LogP contribution in [0.2, 0.25) is 0 Å². The SMILES string of the molecule is CCc1nnc(NC(=O)Cc2cn3ccc(C)cc3n2)s1. The lowest BCUT2D eigenvalue weighted by Crippen LogP contribution is -2.14. The van der Waals surface area contributed by atoms with Crippen LogP contribution in [0.15, 0.2) is 24.5 Å². The number of aryl methyl sites for hydroxylation is 2. The lowest BCUT2D eigenvalue weighted by molar-refractivity contribution is -0.115. The van der Waals surface area contributed by atoms with Gasteiger partial charge in [0.1, 0.15) is 10.7 Å². The van der Waals surface area contributed by atoms with Crippen LogP contribution in [0.3, 0.4) is 0 Å². The average molecular weight is 301 g/mol. The third-order valence-electron chi connectivity index (χ3n) is 3.02. The number of nitrogens with zero attached hydrogens (tertiary/aromatic N) is 4. The van der Waals surface area contributed by atoms with E-state index >= 15 is 0 Å². The highest BCUT2D eigenvalue weighted by atomic mass is 32.1. The van der Waals surface area contributed by atoms with Gasteiger partial charge in [-0.2, -0.15) is 0 Å². The van der Waals surface area contributed by atoms with Gasteiger partial charge >= 0.3 is 0 Å². The first-order chi connectivity index (χ1) is 10.1. The average Bonchev–Trinajstić information content (AvgIpc) is 3.04. The van der Waals surface area contributed by atoms with Crippen LogP contribution < -0.4 is 5.32 Å². The molecular formula is C14H15N5OS. The zero-order valence-corrected chi connectivity index (χ0v) is 12.6. The quantitative estimate of drug-likeness (QED) is 0.802. The molecule has 0 aliphatic carbocycles. The van der Waals surface area contributed by atoms with Gasteiger partial charge in [-0.25, -0.2) is 4.98 Å². The summed E-state index contributed by atoms with van der Waals surface area (Å²) < 4.78 is 1.91. The summed E-state index contributed by atoms with van der Waals surface area (Å²) in [6, 6.07) is 3.99. The van der Waals surface area contributed by atoms with E-state index in [1.54, 1.807) is 0 Å². The van der Waals surface area contributed by atoms with E-state index in [0.29, 0.717) is 5.13 Å². The van der Waals surface area contributed by atoms with E-state index in [1.807, 2.05) is 42.8 Å². The number of pyridine rings is 1. The number of carbonyl (C=O) groups is 1. The van der Waals surface area contributed by atoms with Crippen LogP contribution in [0.25, 0.3) is 5.65 Å². The number of hydrogen-bond donors (Lipinski definition) is 1. The summed E-state index contributed by atoms with van der Waals surface area (Å²) >= 11 is 1.40. The van der Waals surface area contributed by atoms with E-state index in [2.05, 4.69) is 20.5 Å². The van der Waals surface area contributed by atoms with Crippen molar-refractivity contribution in [1.82, 2.24) is 19.6 Å². The first-order valence-corrected chi connectivity index (χ1v) is 7.52. The van der Waals surface area contributed by atoms with Crippen molar-refractivity contribution in [2.24, 2.45) is 0 Å². The molecule has 3 heterocycles. The number of aromatic nitrogens is 4. The Morgan fingerprint density at radius 3 is 3.05 bits per heavy atom. The molecule has 0 bridgehead atoms. The van der Waals surface area contributed by atoms with Crippen LogP contribution in [0.1, 0.15) is 23.2 Å². The van der Waals surface area contributed by atoms with E-state index in [4.69, 9.17) is 0 Å². The van der Waals surface area contributed by atoms with E-state index in [0.717, 1.165) is 28.3 Å². The summed E-state index contributed by atoms with van der Waals surface area (Å²) in [5, 5.41) is 12.1. The Hall–Kier alpha value is -2.28. The van der Waals surface area contributed by atoms with Gasteiger partial charge in [-0.15, -0.1) is 10.2 Å². The first kappa shape index (κ1) is 13.7. The fourth-order valence-electron chi connectivity index (χ4n) is 2.00. The highest BCUT2D eigenvalue weighted by Crippen LogP contribution is 2.16. The van der Waals surface area contributed by atoms with Crippen molar-refractivity contribution in [2.75, 3.05) is 5.32 Å². The van der Waals surface area contributed by atoms with Crippen molar-refractivity contribution < 1.29 is 4.79 Å². The largest absolute Gasteiger partial charge is 0.307 e. The number of fused-ring (bicyclic) bond motifs is 1. The predicted octanol–water partition coefficient (Wildman–Crippen LogP) is 2.24. The highest BCUT2D eigenvalue weighted by Gasteiger charge is 2.10. The lowest BCUT2D eigenvalue weighted by atomic mass is 10.3. The molecule has 6 nitrogen and oxygen atoms in total. The molecule has 3 aromatic rings. The molecule has 0 radical (unpaired) electrons. The van der Waals surface area contributed by atoms with Gasteiger partial charge in [-0.3, -0.25) is 4.79 Å². The molecule has 0 unspecified atom stereocenters. The molecule has 0 spiro atoms. The number of amides is 1. The van der Waals surface area contributed by atoms with Crippen molar-refractivity contribution in [3.8, 4) is 0 Å². The van der Waals surface area contributed by atoms with Crippen molar-refractivity contribution in [3.63, 3.8) is 0 Å². The Labute approximate surface area is 125 Å². The molecule has 0 saturated heterocycles. The molecular weight excluding hydrogens is 286 g/mol. The minimum Gasteiger partial charge on any atom is -0.307 e. The van der Waals surface area contributed by atoms with Crippen LogP contribution in [0, 0.1) is 6.92 Å². The molecule has 0 aliphatic heterocycles. The molecule has 21 heavy (non-hydrogen) atoms. The van der Waals surface area contributed by atoms with Crippen molar-refractivity contribution in [1.29, 1.82) is 0 Å². The first-order valence-electron chi connectivity index (χ1n) is 6.70. The van der Waals surface area contributed by atoms with Crippen molar-refractivity contribution >= 4 is 28.0 Å². The number of anilines is 1. The molecule has 7 heteroatoms. The predicted molar refractivity (Wildman–Crippen MR) is 81.5 cm³/mol. The van der Waals surface area contributed by atoms with Crippen LogP contribution in [-0.2, 0) is 17.6 Å². The minimum absolute atomic E-state index is 0.131. The normalized spacial score (nSPS) is 11.0. The lowest BCUT2D eigenvalue weighted by Gasteiger charge is -1.97. The Balaban J connectivity index is 1.70. The number of imidazole rings is 1. The Kier molecular flexibility index (Phi) is 3.66. The summed E-state index contributed by atoms with van der Waals surface area (Å²) in [7, 11) is 0. The standard InChI is InChI=1S/C14H15N5OS/c1-3-13-17-18-14(21-13)16-12(20)7-10-8-19-5-4-9(2)6-11(19)15-10/h4-6,8H,3,7H2,1-2H3,(H,16,18,20). The second kappa shape index (κ2) is 5.61. The Morgan fingerprint density at radius 1 is 1.43 bits per heavy atom. The van der Waals surface area contributed by atoms with Gasteiger partial charge in [0, 0.05) is 12.4 Å². The molecule has 0 saturated carbocycles. The Bertz CT molecular complexity index is 792. The molecule has 108 valence electrons. The third-order valence-corrected chi connectivity index (χ3v) is 4.01. The van der Waals surface area contributed by atoms with Gasteiger partial charge in [-0.1, -0.05) is 18.3 Å².